The van der Waals surface area contributed by atoms with E-state index >= 15 is 0 Å². The largest absolute Gasteiger partial charge is 0.345 e. The van der Waals surface area contributed by atoms with Crippen molar-refractivity contribution in [1.82, 2.24) is 10.3 Å². The van der Waals surface area contributed by atoms with Crippen molar-refractivity contribution in [1.29, 1.82) is 0 Å². The minimum absolute atomic E-state index is 0.0493. The molecule has 1 heterocycles. The summed E-state index contributed by atoms with van der Waals surface area (Å²) >= 11 is 0. The molecule has 0 saturated carbocycles. The Hall–Kier alpha value is -2.16. The fraction of sp³-hybridized carbons (Fsp3) is 0.200. The molecule has 0 aliphatic heterocycles. The van der Waals surface area contributed by atoms with Gasteiger partial charge in [-0.3, -0.25) is 9.78 Å². The van der Waals surface area contributed by atoms with Crippen molar-refractivity contribution in [3.63, 3.8) is 0 Å². The summed E-state index contributed by atoms with van der Waals surface area (Å²) in [7, 11) is 0. The topological polar surface area (TPSA) is 42.0 Å². The normalized spacial score (nSPS) is 11.9. The van der Waals surface area contributed by atoms with Crippen molar-refractivity contribution in [2.45, 2.75) is 19.9 Å². The van der Waals surface area contributed by atoms with Crippen LogP contribution in [0.2, 0.25) is 0 Å². The van der Waals surface area contributed by atoms with Crippen LogP contribution in [0.15, 0.2) is 48.8 Å². The molecule has 1 unspecified atom stereocenters. The van der Waals surface area contributed by atoms with Crippen molar-refractivity contribution >= 4 is 5.91 Å². The second-order valence-electron chi connectivity index (χ2n) is 4.35. The summed E-state index contributed by atoms with van der Waals surface area (Å²) < 4.78 is 0. The van der Waals surface area contributed by atoms with Crippen molar-refractivity contribution in [2.24, 2.45) is 0 Å². The summed E-state index contributed by atoms with van der Waals surface area (Å²) in [5, 5.41) is 2.96. The van der Waals surface area contributed by atoms with E-state index in [9.17, 15) is 4.79 Å². The molecule has 1 N–H and O–H groups in total. The number of aryl methyl sites for hydroxylation is 1. The summed E-state index contributed by atoms with van der Waals surface area (Å²) in [6.45, 7) is 3.92. The van der Waals surface area contributed by atoms with Crippen LogP contribution >= 0.6 is 0 Å². The molecule has 0 aliphatic rings. The van der Waals surface area contributed by atoms with Crippen molar-refractivity contribution in [3.8, 4) is 0 Å². The van der Waals surface area contributed by atoms with Gasteiger partial charge in [-0.1, -0.05) is 23.8 Å². The summed E-state index contributed by atoms with van der Waals surface area (Å²) in [6.07, 6.45) is 3.49. The van der Waals surface area contributed by atoms with Gasteiger partial charge in [0, 0.05) is 18.0 Å². The number of aromatic nitrogens is 1. The van der Waals surface area contributed by atoms with Gasteiger partial charge in [-0.15, -0.1) is 0 Å². The third kappa shape index (κ3) is 2.94. The molecule has 3 nitrogen and oxygen atoms in total. The van der Waals surface area contributed by atoms with Crippen LogP contribution in [0.4, 0.5) is 0 Å². The Bertz CT molecular complexity index is 537. The van der Waals surface area contributed by atoms with Gasteiger partial charge in [-0.25, -0.2) is 0 Å². The van der Waals surface area contributed by atoms with Crippen LogP contribution in [0.1, 0.15) is 34.5 Å². The zero-order chi connectivity index (χ0) is 13.0. The van der Waals surface area contributed by atoms with E-state index in [1.165, 1.54) is 0 Å². The highest BCUT2D eigenvalue weighted by atomic mass is 16.1. The number of benzene rings is 1. The summed E-state index contributed by atoms with van der Waals surface area (Å²) in [6, 6.07) is 11.3. The Morgan fingerprint density at radius 3 is 2.78 bits per heavy atom. The van der Waals surface area contributed by atoms with E-state index in [2.05, 4.69) is 10.3 Å². The predicted molar refractivity (Wildman–Crippen MR) is 71.3 cm³/mol. The minimum atomic E-state index is -0.0601. The molecule has 0 aliphatic carbocycles. The lowest BCUT2D eigenvalue weighted by Gasteiger charge is -2.14. The Kier molecular flexibility index (Phi) is 3.72. The van der Waals surface area contributed by atoms with Gasteiger partial charge in [0.15, 0.2) is 0 Å². The molecule has 0 bridgehead atoms. The van der Waals surface area contributed by atoms with Crippen LogP contribution in [0.25, 0.3) is 0 Å². The molecule has 0 saturated heterocycles. The van der Waals surface area contributed by atoms with Crippen LogP contribution in [-0.2, 0) is 0 Å². The number of carbonyl (C=O) groups excluding carboxylic acids is 1. The van der Waals surface area contributed by atoms with Gasteiger partial charge in [0.05, 0.1) is 6.04 Å². The van der Waals surface area contributed by atoms with Crippen LogP contribution in [0, 0.1) is 6.92 Å². The maximum absolute atomic E-state index is 12.0. The Balaban J connectivity index is 2.08. The van der Waals surface area contributed by atoms with Gasteiger partial charge >= 0.3 is 0 Å². The number of nitrogens with one attached hydrogen (secondary N) is 1. The predicted octanol–water partition coefficient (Wildman–Crippen LogP) is 2.88. The second-order valence-corrected chi connectivity index (χ2v) is 4.35. The summed E-state index contributed by atoms with van der Waals surface area (Å²) in [4.78, 5) is 16.1. The Morgan fingerprint density at radius 2 is 2.11 bits per heavy atom. The van der Waals surface area contributed by atoms with E-state index < -0.39 is 0 Å². The van der Waals surface area contributed by atoms with Crippen molar-refractivity contribution < 1.29 is 4.79 Å². The van der Waals surface area contributed by atoms with Crippen molar-refractivity contribution in [2.75, 3.05) is 0 Å². The average Bonchev–Trinajstić information content (AvgIpc) is 2.39. The fourth-order valence-corrected chi connectivity index (χ4v) is 1.78. The molecule has 0 fully saturated rings. The molecular weight excluding hydrogens is 224 g/mol. The summed E-state index contributed by atoms with van der Waals surface area (Å²) in [5.74, 6) is -0.0601. The molecule has 1 aromatic carbocycles. The third-order valence-corrected chi connectivity index (χ3v) is 2.81. The van der Waals surface area contributed by atoms with Crippen molar-refractivity contribution in [3.05, 3.63) is 65.5 Å². The van der Waals surface area contributed by atoms with Gasteiger partial charge in [0.2, 0.25) is 0 Å². The van der Waals surface area contributed by atoms with E-state index in [4.69, 9.17) is 0 Å². The quantitative estimate of drug-likeness (QED) is 0.896. The van der Waals surface area contributed by atoms with E-state index in [1.54, 1.807) is 12.4 Å². The first-order valence-corrected chi connectivity index (χ1v) is 5.94. The lowest BCUT2D eigenvalue weighted by atomic mass is 10.1. The van der Waals surface area contributed by atoms with Crippen LogP contribution in [0.3, 0.4) is 0 Å². The highest BCUT2D eigenvalue weighted by molar-refractivity contribution is 5.94. The van der Waals surface area contributed by atoms with Gasteiger partial charge in [-0.05, 0) is 37.6 Å². The Morgan fingerprint density at radius 1 is 1.28 bits per heavy atom. The van der Waals surface area contributed by atoms with E-state index in [0.717, 1.165) is 11.1 Å². The van der Waals surface area contributed by atoms with E-state index in [-0.39, 0.29) is 11.9 Å². The van der Waals surface area contributed by atoms with Gasteiger partial charge in [0.25, 0.3) is 5.91 Å². The number of nitrogens with zero attached hydrogens (tertiary/aromatic N) is 1. The monoisotopic (exact) mass is 240 g/mol. The lowest BCUT2D eigenvalue weighted by Crippen LogP contribution is -2.26. The molecule has 2 rings (SSSR count). The Labute approximate surface area is 107 Å². The van der Waals surface area contributed by atoms with Crippen LogP contribution < -0.4 is 5.32 Å². The number of hydrogen-bond acceptors (Lipinski definition) is 2. The number of pyridine rings is 1. The number of hydrogen-bond donors (Lipinski definition) is 1. The van der Waals surface area contributed by atoms with Crippen LogP contribution in [0.5, 0.6) is 0 Å². The first-order valence-electron chi connectivity index (χ1n) is 5.94. The second kappa shape index (κ2) is 5.45. The minimum Gasteiger partial charge on any atom is -0.345 e. The highest BCUT2D eigenvalue weighted by Crippen LogP contribution is 2.11. The first-order chi connectivity index (χ1) is 8.66. The van der Waals surface area contributed by atoms with Crippen LogP contribution in [-0.4, -0.2) is 10.9 Å². The van der Waals surface area contributed by atoms with E-state index in [0.29, 0.717) is 5.56 Å². The average molecular weight is 240 g/mol. The maximum Gasteiger partial charge on any atom is 0.251 e. The maximum atomic E-state index is 12.0. The highest BCUT2D eigenvalue weighted by Gasteiger charge is 2.11. The third-order valence-electron chi connectivity index (χ3n) is 2.81. The molecule has 2 aromatic rings. The number of rotatable bonds is 3. The molecule has 1 amide bonds. The first kappa shape index (κ1) is 12.3. The van der Waals surface area contributed by atoms with Gasteiger partial charge < -0.3 is 5.32 Å². The molecular formula is C15H16N2O. The molecule has 3 heteroatoms. The molecule has 1 aromatic heterocycles. The molecule has 92 valence electrons. The SMILES string of the molecule is Cc1cccc(C(=O)NC(C)c2cccnc2)c1. The number of carbonyl (C=O) groups is 1. The smallest absolute Gasteiger partial charge is 0.251 e. The van der Waals surface area contributed by atoms with Gasteiger partial charge in [0.1, 0.15) is 0 Å². The molecule has 1 atom stereocenters. The zero-order valence-corrected chi connectivity index (χ0v) is 10.6. The molecule has 18 heavy (non-hydrogen) atoms. The summed E-state index contributed by atoms with van der Waals surface area (Å²) in [5.41, 5.74) is 2.76. The van der Waals surface area contributed by atoms with Gasteiger partial charge in [-0.2, -0.15) is 0 Å². The molecule has 0 spiro atoms. The molecule has 0 radical (unpaired) electrons. The standard InChI is InChI=1S/C15H16N2O/c1-11-5-3-6-13(9-11)15(18)17-12(2)14-7-4-8-16-10-14/h3-10,12H,1-2H3,(H,17,18). The zero-order valence-electron chi connectivity index (χ0n) is 10.6. The fourth-order valence-electron chi connectivity index (χ4n) is 1.78. The number of amides is 1. The lowest BCUT2D eigenvalue weighted by molar-refractivity contribution is 0.0940. The van der Waals surface area contributed by atoms with E-state index in [1.807, 2.05) is 50.2 Å².